The van der Waals surface area contributed by atoms with Gasteiger partial charge in [-0.05, 0) is 24.3 Å². The first-order valence-electron chi connectivity index (χ1n) is 5.41. The van der Waals surface area contributed by atoms with Crippen molar-refractivity contribution in [2.45, 2.75) is 6.61 Å². The van der Waals surface area contributed by atoms with Crippen LogP contribution in [0.3, 0.4) is 0 Å². The Balaban J connectivity index is 1.79. The number of hydrogen-bond donors (Lipinski definition) is 0. The summed E-state index contributed by atoms with van der Waals surface area (Å²) in [6.07, 6.45) is 1.63. The third-order valence-corrected chi connectivity index (χ3v) is 3.71. The predicted octanol–water partition coefficient (Wildman–Crippen LogP) is 3.92. The van der Waals surface area contributed by atoms with E-state index in [0.717, 1.165) is 15.2 Å². The molecule has 0 amide bonds. The highest BCUT2D eigenvalue weighted by Crippen LogP contribution is 2.25. The average molecular weight is 277 g/mol. The van der Waals surface area contributed by atoms with E-state index in [0.29, 0.717) is 17.5 Å². The standard InChI is InChI=1S/C13H9ClN2OS/c14-13-10(5-3-7-15-13)17-8-12-16-9-4-1-2-6-11(9)18-12/h1-7H,8H2. The summed E-state index contributed by atoms with van der Waals surface area (Å²) in [5, 5.41) is 1.30. The van der Waals surface area contributed by atoms with Gasteiger partial charge in [-0.1, -0.05) is 23.7 Å². The molecule has 2 aromatic heterocycles. The SMILES string of the molecule is Clc1ncccc1OCc1nc2ccccc2s1. The summed E-state index contributed by atoms with van der Waals surface area (Å²) in [7, 11) is 0. The molecule has 0 spiro atoms. The zero-order valence-corrected chi connectivity index (χ0v) is 10.9. The number of aromatic nitrogens is 2. The third-order valence-electron chi connectivity index (χ3n) is 2.41. The summed E-state index contributed by atoms with van der Waals surface area (Å²) in [6, 6.07) is 11.6. The second-order valence-electron chi connectivity index (χ2n) is 3.66. The van der Waals surface area contributed by atoms with Crippen LogP contribution in [-0.4, -0.2) is 9.97 Å². The van der Waals surface area contributed by atoms with Crippen LogP contribution in [0, 0.1) is 0 Å². The molecule has 0 aliphatic heterocycles. The van der Waals surface area contributed by atoms with E-state index in [9.17, 15) is 0 Å². The Kier molecular flexibility index (Phi) is 3.13. The van der Waals surface area contributed by atoms with Gasteiger partial charge >= 0.3 is 0 Å². The summed E-state index contributed by atoms with van der Waals surface area (Å²) in [5.74, 6) is 0.582. The van der Waals surface area contributed by atoms with Crippen LogP contribution in [-0.2, 0) is 6.61 Å². The highest BCUT2D eigenvalue weighted by atomic mass is 35.5. The predicted molar refractivity (Wildman–Crippen MR) is 73.2 cm³/mol. The Morgan fingerprint density at radius 2 is 2.06 bits per heavy atom. The van der Waals surface area contributed by atoms with Crippen molar-refractivity contribution in [1.82, 2.24) is 9.97 Å². The minimum absolute atomic E-state index is 0.374. The molecule has 1 aromatic carbocycles. The summed E-state index contributed by atoms with van der Waals surface area (Å²) in [6.45, 7) is 0.408. The molecule has 0 aliphatic rings. The van der Waals surface area contributed by atoms with Crippen molar-refractivity contribution in [1.29, 1.82) is 0 Å². The highest BCUT2D eigenvalue weighted by Gasteiger charge is 2.06. The fourth-order valence-corrected chi connectivity index (χ4v) is 2.65. The van der Waals surface area contributed by atoms with Crippen LogP contribution < -0.4 is 4.74 Å². The van der Waals surface area contributed by atoms with Crippen LogP contribution in [0.1, 0.15) is 5.01 Å². The smallest absolute Gasteiger partial charge is 0.171 e. The number of benzene rings is 1. The van der Waals surface area contributed by atoms with Crippen LogP contribution >= 0.6 is 22.9 Å². The number of rotatable bonds is 3. The summed E-state index contributed by atoms with van der Waals surface area (Å²) in [5.41, 5.74) is 0.999. The summed E-state index contributed by atoms with van der Waals surface area (Å²) < 4.78 is 6.77. The maximum atomic E-state index is 5.92. The van der Waals surface area contributed by atoms with Crippen LogP contribution in [0.2, 0.25) is 5.15 Å². The van der Waals surface area contributed by atoms with E-state index in [4.69, 9.17) is 16.3 Å². The summed E-state index contributed by atoms with van der Waals surface area (Å²) >= 11 is 7.54. The van der Waals surface area contributed by atoms with Crippen molar-refractivity contribution in [3.8, 4) is 5.75 Å². The molecule has 18 heavy (non-hydrogen) atoms. The fraction of sp³-hybridized carbons (Fsp3) is 0.0769. The van der Waals surface area contributed by atoms with E-state index in [2.05, 4.69) is 9.97 Å². The Morgan fingerprint density at radius 1 is 1.17 bits per heavy atom. The van der Waals surface area contributed by atoms with E-state index in [1.54, 1.807) is 29.7 Å². The molecule has 5 heteroatoms. The third kappa shape index (κ3) is 2.30. The molecule has 0 aliphatic carbocycles. The first-order valence-corrected chi connectivity index (χ1v) is 6.60. The van der Waals surface area contributed by atoms with E-state index < -0.39 is 0 Å². The number of ether oxygens (including phenoxy) is 1. The first kappa shape index (κ1) is 11.4. The lowest BCUT2D eigenvalue weighted by molar-refractivity contribution is 0.305. The molecule has 2 heterocycles. The molecule has 3 aromatic rings. The number of pyridine rings is 1. The molecule has 0 N–H and O–H groups in total. The second kappa shape index (κ2) is 4.92. The van der Waals surface area contributed by atoms with Gasteiger partial charge in [-0.15, -0.1) is 11.3 Å². The van der Waals surface area contributed by atoms with Crippen molar-refractivity contribution in [2.24, 2.45) is 0 Å². The monoisotopic (exact) mass is 276 g/mol. The molecular weight excluding hydrogens is 268 g/mol. The van der Waals surface area contributed by atoms with Gasteiger partial charge in [-0.25, -0.2) is 9.97 Å². The minimum atomic E-state index is 0.374. The molecular formula is C13H9ClN2OS. The molecule has 0 fully saturated rings. The normalized spacial score (nSPS) is 10.7. The zero-order chi connectivity index (χ0) is 12.4. The van der Waals surface area contributed by atoms with Crippen molar-refractivity contribution < 1.29 is 4.74 Å². The molecule has 3 nitrogen and oxygen atoms in total. The molecule has 0 saturated carbocycles. The quantitative estimate of drug-likeness (QED) is 0.680. The number of para-hydroxylation sites is 1. The van der Waals surface area contributed by atoms with Gasteiger partial charge in [0.25, 0.3) is 0 Å². The van der Waals surface area contributed by atoms with Crippen LogP contribution in [0.25, 0.3) is 10.2 Å². The van der Waals surface area contributed by atoms with Gasteiger partial charge in [0, 0.05) is 6.20 Å². The first-order chi connectivity index (χ1) is 8.83. The highest BCUT2D eigenvalue weighted by molar-refractivity contribution is 7.18. The molecule has 0 atom stereocenters. The lowest BCUT2D eigenvalue weighted by atomic mass is 10.3. The van der Waals surface area contributed by atoms with Crippen molar-refractivity contribution in [2.75, 3.05) is 0 Å². The number of hydrogen-bond acceptors (Lipinski definition) is 4. The van der Waals surface area contributed by atoms with Gasteiger partial charge in [0.1, 0.15) is 11.6 Å². The van der Waals surface area contributed by atoms with E-state index >= 15 is 0 Å². The Hall–Kier alpha value is -1.65. The fourth-order valence-electron chi connectivity index (χ4n) is 1.60. The maximum absolute atomic E-state index is 5.92. The van der Waals surface area contributed by atoms with Crippen molar-refractivity contribution in [3.05, 3.63) is 52.8 Å². The second-order valence-corrected chi connectivity index (χ2v) is 5.13. The van der Waals surface area contributed by atoms with Gasteiger partial charge in [0.2, 0.25) is 0 Å². The number of nitrogens with zero attached hydrogens (tertiary/aromatic N) is 2. The zero-order valence-electron chi connectivity index (χ0n) is 9.34. The number of thiazole rings is 1. The van der Waals surface area contributed by atoms with Gasteiger partial charge in [0.15, 0.2) is 10.9 Å². The van der Waals surface area contributed by atoms with E-state index in [1.165, 1.54) is 0 Å². The summed E-state index contributed by atoms with van der Waals surface area (Å²) in [4.78, 5) is 8.45. The Morgan fingerprint density at radius 3 is 2.89 bits per heavy atom. The van der Waals surface area contributed by atoms with E-state index in [1.807, 2.05) is 24.3 Å². The van der Waals surface area contributed by atoms with Crippen molar-refractivity contribution >= 4 is 33.2 Å². The molecule has 0 radical (unpaired) electrons. The molecule has 90 valence electrons. The van der Waals surface area contributed by atoms with Gasteiger partial charge in [-0.2, -0.15) is 0 Å². The topological polar surface area (TPSA) is 35.0 Å². The number of fused-ring (bicyclic) bond motifs is 1. The minimum Gasteiger partial charge on any atom is -0.483 e. The van der Waals surface area contributed by atoms with Gasteiger partial charge < -0.3 is 4.74 Å². The number of halogens is 1. The molecule has 0 bridgehead atoms. The van der Waals surface area contributed by atoms with Crippen molar-refractivity contribution in [3.63, 3.8) is 0 Å². The van der Waals surface area contributed by atoms with E-state index in [-0.39, 0.29) is 0 Å². The molecule has 3 rings (SSSR count). The average Bonchev–Trinajstić information content (AvgIpc) is 2.80. The Labute approximate surface area is 113 Å². The maximum Gasteiger partial charge on any atom is 0.171 e. The van der Waals surface area contributed by atoms with Crippen LogP contribution in [0.4, 0.5) is 0 Å². The lowest BCUT2D eigenvalue weighted by Crippen LogP contribution is -1.95. The molecule has 0 saturated heterocycles. The van der Waals surface area contributed by atoms with Crippen LogP contribution in [0.5, 0.6) is 5.75 Å². The lowest BCUT2D eigenvalue weighted by Gasteiger charge is -2.04. The van der Waals surface area contributed by atoms with Crippen LogP contribution in [0.15, 0.2) is 42.6 Å². The van der Waals surface area contributed by atoms with Gasteiger partial charge in [0.05, 0.1) is 10.2 Å². The Bertz CT molecular complexity index is 650. The van der Waals surface area contributed by atoms with Gasteiger partial charge in [-0.3, -0.25) is 0 Å². The molecule has 0 unspecified atom stereocenters. The largest absolute Gasteiger partial charge is 0.483 e.